The molecule has 24 heavy (non-hydrogen) atoms. The number of carbonyl (C=O) groups is 1. The molecule has 0 fully saturated rings. The normalized spacial score (nSPS) is 11.0. The maximum absolute atomic E-state index is 11.6. The van der Waals surface area contributed by atoms with E-state index in [1.807, 2.05) is 14.1 Å². The van der Waals surface area contributed by atoms with E-state index in [0.717, 1.165) is 19.3 Å². The molecule has 0 heterocycles. The van der Waals surface area contributed by atoms with Crippen LogP contribution in [0.1, 0.15) is 85.0 Å². The molecule has 0 rings (SSSR count). The van der Waals surface area contributed by atoms with E-state index < -0.39 is 18.4 Å². The van der Waals surface area contributed by atoms with Crippen LogP contribution < -0.4 is 0 Å². The molecule has 0 saturated heterocycles. The van der Waals surface area contributed by atoms with Gasteiger partial charge in [0.05, 0.1) is 0 Å². The Balaban J connectivity index is 4.57. The first kappa shape index (κ1) is 23.8. The molecule has 0 N–H and O–H groups in total. The van der Waals surface area contributed by atoms with Gasteiger partial charge in [0.1, 0.15) is 0 Å². The molecule has 0 atom stereocenters. The second-order valence-electron chi connectivity index (χ2n) is 7.39. The molecule has 2 nitrogen and oxygen atoms in total. The second-order valence-corrected chi connectivity index (χ2v) is 19.7. The van der Waals surface area contributed by atoms with Crippen molar-refractivity contribution in [2.45, 2.75) is 98.3 Å². The Morgan fingerprint density at radius 2 is 1.33 bits per heavy atom. The van der Waals surface area contributed by atoms with Gasteiger partial charge in [-0.15, -0.1) is 0 Å². The van der Waals surface area contributed by atoms with Crippen LogP contribution in [-0.2, 0) is 4.79 Å². The first-order valence-electron chi connectivity index (χ1n) is 10.2. The molecule has 0 unspecified atom stereocenters. The Hall–Kier alpha value is -0.171. The number of carbonyl (C=O) groups excluding carboxylic acids is 1. The van der Waals surface area contributed by atoms with Crippen LogP contribution in [0.5, 0.6) is 0 Å². The molecular weight excluding hydrogens is 401 g/mol. The summed E-state index contributed by atoms with van der Waals surface area (Å²) in [6.07, 6.45) is 11.8. The van der Waals surface area contributed by atoms with Crippen molar-refractivity contribution in [3.8, 4) is 9.86 Å². The molecule has 0 aliphatic heterocycles. The maximum atomic E-state index is 11.6. The number of rotatable bonds is 13. The van der Waals surface area contributed by atoms with Crippen molar-refractivity contribution in [1.29, 1.82) is 0 Å². The van der Waals surface area contributed by atoms with Gasteiger partial charge in [-0.2, -0.15) is 0 Å². The van der Waals surface area contributed by atoms with Crippen LogP contribution in [-0.4, -0.2) is 43.3 Å². The Morgan fingerprint density at radius 1 is 0.833 bits per heavy atom. The summed E-state index contributed by atoms with van der Waals surface area (Å²) in [5, 5.41) is 0. The average Bonchev–Trinajstić information content (AvgIpc) is 2.58. The molecule has 0 aliphatic carbocycles. The van der Waals surface area contributed by atoms with Gasteiger partial charge < -0.3 is 0 Å². The standard InChI is InChI=1S/C9H14NO.3C4H9.Sn/c1-4-5-6-7-8-9(11)10(2)3;3*1-3-4-2;/h5-8H2,2-3H3;3*1,3-4H2,2H3;. The van der Waals surface area contributed by atoms with Gasteiger partial charge in [-0.05, 0) is 0 Å². The predicted octanol–water partition coefficient (Wildman–Crippen LogP) is 6.03. The first-order valence-corrected chi connectivity index (χ1v) is 17.7. The summed E-state index contributed by atoms with van der Waals surface area (Å²) in [7, 11) is 3.67. The fraction of sp³-hybridized carbons (Fsp3) is 0.857. The Morgan fingerprint density at radius 3 is 1.75 bits per heavy atom. The molecular formula is C21H41NOSn. The SMILES string of the molecule is CCC[CH2][Sn]([C]#CCCCCC(=O)N(C)C)([CH2]CCC)[CH2]CCC. The van der Waals surface area contributed by atoms with Crippen LogP contribution in [0.15, 0.2) is 0 Å². The Kier molecular flexibility index (Phi) is 15.0. The quantitative estimate of drug-likeness (QED) is 0.194. The van der Waals surface area contributed by atoms with Crippen molar-refractivity contribution in [1.82, 2.24) is 4.90 Å². The fourth-order valence-corrected chi connectivity index (χ4v) is 16.5. The van der Waals surface area contributed by atoms with Crippen LogP contribution in [0.2, 0.25) is 13.3 Å². The van der Waals surface area contributed by atoms with E-state index >= 15 is 0 Å². The molecule has 3 heteroatoms. The summed E-state index contributed by atoms with van der Waals surface area (Å²) in [5.41, 5.74) is 0. The fourth-order valence-electron chi connectivity index (χ4n) is 3.07. The third-order valence-electron chi connectivity index (χ3n) is 4.82. The summed E-state index contributed by atoms with van der Waals surface area (Å²) < 4.78 is 8.32. The molecule has 0 bridgehead atoms. The summed E-state index contributed by atoms with van der Waals surface area (Å²) >= 11 is -2.24. The van der Waals surface area contributed by atoms with E-state index in [0.29, 0.717) is 6.42 Å². The van der Waals surface area contributed by atoms with Gasteiger partial charge in [-0.3, -0.25) is 0 Å². The van der Waals surface area contributed by atoms with Crippen molar-refractivity contribution in [3.05, 3.63) is 0 Å². The van der Waals surface area contributed by atoms with E-state index in [4.69, 9.17) is 0 Å². The van der Waals surface area contributed by atoms with Crippen molar-refractivity contribution in [3.63, 3.8) is 0 Å². The molecule has 0 aromatic carbocycles. The zero-order chi connectivity index (χ0) is 18.3. The minimum atomic E-state index is -2.24. The van der Waals surface area contributed by atoms with Crippen LogP contribution in [0.4, 0.5) is 0 Å². The van der Waals surface area contributed by atoms with E-state index in [1.54, 1.807) is 4.90 Å². The van der Waals surface area contributed by atoms with Crippen molar-refractivity contribution in [2.75, 3.05) is 14.1 Å². The second kappa shape index (κ2) is 15.1. The van der Waals surface area contributed by atoms with Crippen molar-refractivity contribution < 1.29 is 4.79 Å². The number of hydrogen-bond donors (Lipinski definition) is 0. The van der Waals surface area contributed by atoms with E-state index in [1.165, 1.54) is 51.8 Å². The van der Waals surface area contributed by atoms with Crippen molar-refractivity contribution in [2.24, 2.45) is 0 Å². The van der Waals surface area contributed by atoms with Crippen molar-refractivity contribution >= 4 is 24.3 Å². The third-order valence-corrected chi connectivity index (χ3v) is 18.1. The number of hydrogen-bond acceptors (Lipinski definition) is 1. The van der Waals surface area contributed by atoms with Gasteiger partial charge in [0.15, 0.2) is 0 Å². The van der Waals surface area contributed by atoms with Gasteiger partial charge in [-0.1, -0.05) is 0 Å². The molecule has 1 amide bonds. The van der Waals surface area contributed by atoms with Gasteiger partial charge in [0, 0.05) is 0 Å². The molecule has 0 radical (unpaired) electrons. The Bertz CT molecular complexity index is 359. The summed E-state index contributed by atoms with van der Waals surface area (Å²) in [4.78, 5) is 13.3. The monoisotopic (exact) mass is 443 g/mol. The van der Waals surface area contributed by atoms with Crippen LogP contribution in [0.3, 0.4) is 0 Å². The van der Waals surface area contributed by atoms with Crippen LogP contribution >= 0.6 is 0 Å². The average molecular weight is 442 g/mol. The summed E-state index contributed by atoms with van der Waals surface area (Å²) in [5.74, 6) is 3.82. The topological polar surface area (TPSA) is 20.3 Å². The zero-order valence-electron chi connectivity index (χ0n) is 17.0. The molecule has 0 aliphatic rings. The van der Waals surface area contributed by atoms with E-state index in [9.17, 15) is 4.79 Å². The van der Waals surface area contributed by atoms with E-state index in [2.05, 4.69) is 30.6 Å². The molecule has 0 spiro atoms. The van der Waals surface area contributed by atoms with E-state index in [-0.39, 0.29) is 5.91 Å². The van der Waals surface area contributed by atoms with Gasteiger partial charge in [0.25, 0.3) is 0 Å². The minimum absolute atomic E-state index is 0.241. The third kappa shape index (κ3) is 11.4. The molecule has 0 saturated carbocycles. The molecule has 0 aromatic heterocycles. The van der Waals surface area contributed by atoms with Crippen LogP contribution in [0.25, 0.3) is 0 Å². The Labute approximate surface area is 156 Å². The first-order chi connectivity index (χ1) is 11.5. The number of unbranched alkanes of at least 4 members (excludes halogenated alkanes) is 5. The molecule has 0 aromatic rings. The summed E-state index contributed by atoms with van der Waals surface area (Å²) in [6, 6.07) is 0. The predicted molar refractivity (Wildman–Crippen MR) is 110 cm³/mol. The summed E-state index contributed by atoms with van der Waals surface area (Å²) in [6.45, 7) is 6.93. The molecule has 140 valence electrons. The number of nitrogens with zero attached hydrogens (tertiary/aromatic N) is 1. The van der Waals surface area contributed by atoms with Crippen LogP contribution in [0, 0.1) is 9.86 Å². The number of amides is 1. The van der Waals surface area contributed by atoms with Gasteiger partial charge in [0.2, 0.25) is 0 Å². The van der Waals surface area contributed by atoms with Gasteiger partial charge in [-0.25, -0.2) is 0 Å². The van der Waals surface area contributed by atoms with Gasteiger partial charge >= 0.3 is 156 Å². The zero-order valence-corrected chi connectivity index (χ0v) is 19.9.